The van der Waals surface area contributed by atoms with Gasteiger partial charge in [-0.1, -0.05) is 6.07 Å². The van der Waals surface area contributed by atoms with Crippen molar-refractivity contribution in [2.75, 3.05) is 6.61 Å². The minimum absolute atomic E-state index is 0.342. The van der Waals surface area contributed by atoms with E-state index in [4.69, 9.17) is 9.47 Å². The van der Waals surface area contributed by atoms with Crippen LogP contribution in [-0.2, 0) is 0 Å². The van der Waals surface area contributed by atoms with Crippen molar-refractivity contribution in [3.8, 4) is 11.5 Å². The molecule has 1 aromatic rings. The molecule has 2 saturated heterocycles. The number of rotatable bonds is 5. The van der Waals surface area contributed by atoms with Crippen LogP contribution in [0.4, 0.5) is 0 Å². The van der Waals surface area contributed by atoms with Crippen LogP contribution in [-0.4, -0.2) is 24.8 Å². The summed E-state index contributed by atoms with van der Waals surface area (Å²) in [6.45, 7) is 2.95. The van der Waals surface area contributed by atoms with Crippen molar-refractivity contribution in [1.82, 2.24) is 5.32 Å². The van der Waals surface area contributed by atoms with Crippen molar-refractivity contribution in [2.24, 2.45) is 5.92 Å². The molecule has 0 aromatic heterocycles. The normalized spacial score (nSPS) is 31.2. The molecule has 3 heteroatoms. The number of aryl methyl sites for hydroxylation is 1. The molecule has 1 aliphatic carbocycles. The number of nitrogens with one attached hydrogen (secondary N) is 1. The summed E-state index contributed by atoms with van der Waals surface area (Å²) in [7, 11) is 0. The maximum absolute atomic E-state index is 6.31. The van der Waals surface area contributed by atoms with Gasteiger partial charge in [0.05, 0.1) is 6.61 Å². The fourth-order valence-electron chi connectivity index (χ4n) is 3.60. The first-order chi connectivity index (χ1) is 10.3. The van der Waals surface area contributed by atoms with E-state index in [0.29, 0.717) is 18.2 Å². The van der Waals surface area contributed by atoms with E-state index in [0.717, 1.165) is 36.9 Å². The smallest absolute Gasteiger partial charge is 0.161 e. The second-order valence-electron chi connectivity index (χ2n) is 7.05. The summed E-state index contributed by atoms with van der Waals surface area (Å²) < 4.78 is 12.3. The molecule has 3 fully saturated rings. The molecule has 1 unspecified atom stereocenters. The lowest BCUT2D eigenvalue weighted by atomic mass is 10.0. The maximum atomic E-state index is 6.31. The molecular formula is C18H25NO2. The number of hydrogen-bond acceptors (Lipinski definition) is 3. The zero-order valence-electron chi connectivity index (χ0n) is 12.8. The lowest BCUT2D eigenvalue weighted by molar-refractivity contribution is 0.130. The number of fused-ring (bicyclic) bond motifs is 2. The van der Waals surface area contributed by atoms with Crippen molar-refractivity contribution in [1.29, 1.82) is 0 Å². The summed E-state index contributed by atoms with van der Waals surface area (Å²) in [4.78, 5) is 0. The predicted molar refractivity (Wildman–Crippen MR) is 83.0 cm³/mol. The third-order valence-corrected chi connectivity index (χ3v) is 4.99. The highest BCUT2D eigenvalue weighted by atomic mass is 16.5. The highest BCUT2D eigenvalue weighted by Gasteiger charge is 2.34. The standard InChI is InChI=1S/C18H25NO2/c1-12-2-7-17(18(8-12)20-11-13-3-4-13)21-16-9-14-5-6-15(10-16)19-14/h2,7-8,13-16,19H,3-6,9-11H2,1H3/t14-,15+,16?. The second kappa shape index (κ2) is 5.53. The third-order valence-electron chi connectivity index (χ3n) is 4.99. The quantitative estimate of drug-likeness (QED) is 0.900. The summed E-state index contributed by atoms with van der Waals surface area (Å²) in [5.74, 6) is 2.65. The van der Waals surface area contributed by atoms with Crippen LogP contribution in [0.25, 0.3) is 0 Å². The van der Waals surface area contributed by atoms with Crippen LogP contribution in [0, 0.1) is 12.8 Å². The van der Waals surface area contributed by atoms with Gasteiger partial charge in [-0.25, -0.2) is 0 Å². The van der Waals surface area contributed by atoms with E-state index >= 15 is 0 Å². The Morgan fingerprint density at radius 2 is 1.81 bits per heavy atom. The molecule has 114 valence electrons. The molecule has 3 nitrogen and oxygen atoms in total. The Balaban J connectivity index is 1.45. The van der Waals surface area contributed by atoms with Crippen LogP contribution in [0.2, 0.25) is 0 Å². The van der Waals surface area contributed by atoms with Crippen LogP contribution in [0.15, 0.2) is 18.2 Å². The first-order valence-corrected chi connectivity index (χ1v) is 8.42. The topological polar surface area (TPSA) is 30.5 Å². The van der Waals surface area contributed by atoms with Gasteiger partial charge >= 0.3 is 0 Å². The number of ether oxygens (including phenoxy) is 2. The monoisotopic (exact) mass is 287 g/mol. The molecular weight excluding hydrogens is 262 g/mol. The van der Waals surface area contributed by atoms with Gasteiger partial charge in [0.1, 0.15) is 6.10 Å². The van der Waals surface area contributed by atoms with Crippen LogP contribution < -0.4 is 14.8 Å². The zero-order valence-corrected chi connectivity index (χ0v) is 12.8. The average molecular weight is 287 g/mol. The highest BCUT2D eigenvalue weighted by Crippen LogP contribution is 2.36. The fraction of sp³-hybridized carbons (Fsp3) is 0.667. The van der Waals surface area contributed by atoms with E-state index in [-0.39, 0.29) is 0 Å². The van der Waals surface area contributed by atoms with Gasteiger partial charge in [-0.3, -0.25) is 0 Å². The molecule has 3 atom stereocenters. The van der Waals surface area contributed by atoms with Crippen molar-refractivity contribution in [3.05, 3.63) is 23.8 Å². The van der Waals surface area contributed by atoms with Gasteiger partial charge in [0.15, 0.2) is 11.5 Å². The number of piperidine rings is 1. The van der Waals surface area contributed by atoms with Gasteiger partial charge in [0.2, 0.25) is 0 Å². The van der Waals surface area contributed by atoms with Crippen molar-refractivity contribution >= 4 is 0 Å². The van der Waals surface area contributed by atoms with Gasteiger partial charge in [0.25, 0.3) is 0 Å². The van der Waals surface area contributed by atoms with Crippen molar-refractivity contribution in [3.63, 3.8) is 0 Å². The Kier molecular flexibility index (Phi) is 3.54. The average Bonchev–Trinajstić information content (AvgIpc) is 3.24. The summed E-state index contributed by atoms with van der Waals surface area (Å²) in [5.41, 5.74) is 1.23. The molecule has 2 bridgehead atoms. The van der Waals surface area contributed by atoms with Gasteiger partial charge < -0.3 is 14.8 Å². The van der Waals surface area contributed by atoms with E-state index in [1.807, 2.05) is 0 Å². The Bertz CT molecular complexity index is 500. The van der Waals surface area contributed by atoms with E-state index in [2.05, 4.69) is 30.4 Å². The molecule has 21 heavy (non-hydrogen) atoms. The predicted octanol–water partition coefficient (Wildman–Crippen LogP) is 3.45. The van der Waals surface area contributed by atoms with Gasteiger partial charge in [-0.05, 0) is 69.1 Å². The lowest BCUT2D eigenvalue weighted by Gasteiger charge is -2.30. The molecule has 4 rings (SSSR count). The van der Waals surface area contributed by atoms with Gasteiger partial charge in [-0.15, -0.1) is 0 Å². The van der Waals surface area contributed by atoms with E-state index in [1.54, 1.807) is 0 Å². The van der Waals surface area contributed by atoms with Crippen LogP contribution in [0.3, 0.4) is 0 Å². The van der Waals surface area contributed by atoms with Crippen LogP contribution in [0.5, 0.6) is 11.5 Å². The summed E-state index contributed by atoms with van der Waals surface area (Å²) >= 11 is 0. The minimum Gasteiger partial charge on any atom is -0.489 e. The van der Waals surface area contributed by atoms with E-state index < -0.39 is 0 Å². The number of benzene rings is 1. The van der Waals surface area contributed by atoms with Gasteiger partial charge in [0, 0.05) is 12.1 Å². The Morgan fingerprint density at radius 3 is 2.52 bits per heavy atom. The first kappa shape index (κ1) is 13.4. The van der Waals surface area contributed by atoms with E-state index in [9.17, 15) is 0 Å². The maximum Gasteiger partial charge on any atom is 0.161 e. The van der Waals surface area contributed by atoms with Crippen molar-refractivity contribution in [2.45, 2.75) is 63.6 Å². The largest absolute Gasteiger partial charge is 0.489 e. The second-order valence-corrected chi connectivity index (χ2v) is 7.05. The Hall–Kier alpha value is -1.22. The van der Waals surface area contributed by atoms with Crippen molar-refractivity contribution < 1.29 is 9.47 Å². The summed E-state index contributed by atoms with van der Waals surface area (Å²) in [6, 6.07) is 7.65. The molecule has 2 heterocycles. The van der Waals surface area contributed by atoms with E-state index in [1.165, 1.54) is 31.2 Å². The Morgan fingerprint density at radius 1 is 1.05 bits per heavy atom. The summed E-state index contributed by atoms with van der Waals surface area (Å²) in [5, 5.41) is 3.67. The Labute approximate surface area is 127 Å². The molecule has 0 amide bonds. The molecule has 0 radical (unpaired) electrons. The molecule has 1 aromatic carbocycles. The molecule has 2 aliphatic heterocycles. The van der Waals surface area contributed by atoms with Gasteiger partial charge in [-0.2, -0.15) is 0 Å². The van der Waals surface area contributed by atoms with Crippen LogP contribution in [0.1, 0.15) is 44.1 Å². The summed E-state index contributed by atoms with van der Waals surface area (Å²) in [6.07, 6.45) is 7.86. The minimum atomic E-state index is 0.342. The number of hydrogen-bond donors (Lipinski definition) is 1. The van der Waals surface area contributed by atoms with Crippen LogP contribution >= 0.6 is 0 Å². The lowest BCUT2D eigenvalue weighted by Crippen LogP contribution is -2.42. The molecule has 3 aliphatic rings. The SMILES string of the molecule is Cc1ccc(OC2C[C@H]3CC[C@@H](C2)N3)c(OCC2CC2)c1. The fourth-order valence-corrected chi connectivity index (χ4v) is 3.60. The highest BCUT2D eigenvalue weighted by molar-refractivity contribution is 5.42. The molecule has 0 spiro atoms. The zero-order chi connectivity index (χ0) is 14.2. The molecule has 1 N–H and O–H groups in total. The third kappa shape index (κ3) is 3.18. The molecule has 1 saturated carbocycles. The first-order valence-electron chi connectivity index (χ1n) is 8.42.